The molecular formula is C21H24N6O. The Bertz CT molecular complexity index is 944. The van der Waals surface area contributed by atoms with E-state index < -0.39 is 0 Å². The van der Waals surface area contributed by atoms with Gasteiger partial charge in [0.1, 0.15) is 11.4 Å². The van der Waals surface area contributed by atoms with Gasteiger partial charge in [-0.3, -0.25) is 0 Å². The number of nitrogens with one attached hydrogen (secondary N) is 1. The van der Waals surface area contributed by atoms with E-state index in [9.17, 15) is 5.11 Å². The lowest BCUT2D eigenvalue weighted by molar-refractivity contribution is 0.312. The van der Waals surface area contributed by atoms with Crippen LogP contribution in [0.1, 0.15) is 32.1 Å². The molecule has 2 aliphatic rings. The van der Waals surface area contributed by atoms with Crippen LogP contribution in [0.4, 0.5) is 5.82 Å². The van der Waals surface area contributed by atoms with Gasteiger partial charge in [-0.25, -0.2) is 0 Å². The van der Waals surface area contributed by atoms with E-state index in [4.69, 9.17) is 0 Å². The Morgan fingerprint density at radius 2 is 1.82 bits per heavy atom. The first-order chi connectivity index (χ1) is 13.7. The Kier molecular flexibility index (Phi) is 4.22. The molecule has 1 unspecified atom stereocenters. The van der Waals surface area contributed by atoms with Crippen LogP contribution in [0.15, 0.2) is 36.5 Å². The molecule has 3 aromatic rings. The second kappa shape index (κ2) is 6.89. The Morgan fingerprint density at radius 3 is 2.46 bits per heavy atom. The first kappa shape index (κ1) is 17.2. The maximum atomic E-state index is 10.5. The summed E-state index contributed by atoms with van der Waals surface area (Å²) in [6.45, 7) is 0. The third-order valence-corrected chi connectivity index (χ3v) is 6.40. The van der Waals surface area contributed by atoms with E-state index >= 15 is 0 Å². The maximum Gasteiger partial charge on any atom is 0.151 e. The van der Waals surface area contributed by atoms with Crippen molar-refractivity contribution in [3.05, 3.63) is 36.5 Å². The van der Waals surface area contributed by atoms with E-state index in [-0.39, 0.29) is 5.75 Å². The van der Waals surface area contributed by atoms with E-state index in [1.165, 1.54) is 32.1 Å². The van der Waals surface area contributed by atoms with Gasteiger partial charge >= 0.3 is 0 Å². The highest BCUT2D eigenvalue weighted by atomic mass is 16.3. The molecular weight excluding hydrogens is 352 g/mol. The summed E-state index contributed by atoms with van der Waals surface area (Å²) >= 11 is 0. The minimum absolute atomic E-state index is 0.153. The molecule has 0 saturated heterocycles. The quantitative estimate of drug-likeness (QED) is 0.722. The third kappa shape index (κ3) is 3.10. The number of nitrogens with zero attached hydrogens (tertiary/aromatic N) is 5. The van der Waals surface area contributed by atoms with Crippen molar-refractivity contribution in [2.75, 3.05) is 11.9 Å². The van der Waals surface area contributed by atoms with Crippen LogP contribution in [0, 0.1) is 11.8 Å². The largest absolute Gasteiger partial charge is 0.507 e. The molecule has 3 atom stereocenters. The summed E-state index contributed by atoms with van der Waals surface area (Å²) in [5, 5.41) is 29.7. The highest BCUT2D eigenvalue weighted by Gasteiger charge is 2.36. The number of aromatic hydroxyl groups is 1. The van der Waals surface area contributed by atoms with Crippen LogP contribution < -0.4 is 4.90 Å². The summed E-state index contributed by atoms with van der Waals surface area (Å²) < 4.78 is 0. The van der Waals surface area contributed by atoms with Crippen molar-refractivity contribution in [3.8, 4) is 28.3 Å². The molecule has 2 N–H and O–H groups in total. The monoisotopic (exact) mass is 376 g/mol. The van der Waals surface area contributed by atoms with Gasteiger partial charge in [0.15, 0.2) is 5.82 Å². The average Bonchev–Trinajstić information content (AvgIpc) is 3.37. The normalized spacial score (nSPS) is 23.7. The zero-order chi connectivity index (χ0) is 19.1. The predicted octanol–water partition coefficient (Wildman–Crippen LogP) is 3.65. The van der Waals surface area contributed by atoms with E-state index in [0.29, 0.717) is 23.0 Å². The van der Waals surface area contributed by atoms with Crippen molar-refractivity contribution >= 4 is 5.82 Å². The summed E-state index contributed by atoms with van der Waals surface area (Å²) in [6.07, 6.45) is 8.35. The average molecular weight is 376 g/mol. The van der Waals surface area contributed by atoms with Crippen molar-refractivity contribution < 1.29 is 5.11 Å². The fourth-order valence-electron chi connectivity index (χ4n) is 4.88. The third-order valence-electron chi connectivity index (χ3n) is 6.40. The Labute approximate surface area is 163 Å². The van der Waals surface area contributed by atoms with Gasteiger partial charge in [0.25, 0.3) is 0 Å². The molecule has 2 bridgehead atoms. The minimum atomic E-state index is 0.153. The molecule has 0 amide bonds. The van der Waals surface area contributed by atoms with Crippen LogP contribution in [0.25, 0.3) is 22.5 Å². The number of aromatic nitrogens is 5. The van der Waals surface area contributed by atoms with Crippen LogP contribution in [0.5, 0.6) is 5.75 Å². The molecule has 144 valence electrons. The van der Waals surface area contributed by atoms with E-state index in [2.05, 4.69) is 37.6 Å². The second-order valence-corrected chi connectivity index (χ2v) is 8.15. The van der Waals surface area contributed by atoms with Crippen molar-refractivity contribution in [1.29, 1.82) is 0 Å². The molecule has 2 fully saturated rings. The lowest BCUT2D eigenvalue weighted by Gasteiger charge is -2.35. The second-order valence-electron chi connectivity index (χ2n) is 8.15. The molecule has 2 aliphatic carbocycles. The highest BCUT2D eigenvalue weighted by molar-refractivity contribution is 5.72. The molecule has 0 radical (unpaired) electrons. The number of fused-ring (bicyclic) bond motifs is 2. The van der Waals surface area contributed by atoms with Crippen LogP contribution in [-0.4, -0.2) is 43.8 Å². The van der Waals surface area contributed by atoms with Crippen LogP contribution >= 0.6 is 0 Å². The van der Waals surface area contributed by atoms with Crippen LogP contribution in [-0.2, 0) is 0 Å². The summed E-state index contributed by atoms with van der Waals surface area (Å²) in [7, 11) is 2.13. The van der Waals surface area contributed by atoms with E-state index in [1.807, 2.05) is 24.3 Å². The Hall–Kier alpha value is -2.96. The van der Waals surface area contributed by atoms with E-state index in [0.717, 1.165) is 23.2 Å². The number of benzene rings is 1. The van der Waals surface area contributed by atoms with Gasteiger partial charge in [0.2, 0.25) is 0 Å². The number of hydrogen-bond acceptors (Lipinski definition) is 6. The summed E-state index contributed by atoms with van der Waals surface area (Å²) in [6, 6.07) is 9.90. The van der Waals surface area contributed by atoms with Crippen molar-refractivity contribution in [2.45, 2.75) is 38.1 Å². The molecule has 2 aromatic heterocycles. The molecule has 0 spiro atoms. The van der Waals surface area contributed by atoms with Crippen molar-refractivity contribution in [2.24, 2.45) is 11.8 Å². The fourth-order valence-corrected chi connectivity index (χ4v) is 4.88. The molecule has 5 rings (SSSR count). The summed E-state index contributed by atoms with van der Waals surface area (Å²) in [5.41, 5.74) is 2.80. The molecule has 7 nitrogen and oxygen atoms in total. The van der Waals surface area contributed by atoms with Gasteiger partial charge in [-0.15, -0.1) is 10.2 Å². The summed E-state index contributed by atoms with van der Waals surface area (Å²) in [4.78, 5) is 2.29. The Morgan fingerprint density at radius 1 is 1.00 bits per heavy atom. The molecule has 7 heteroatoms. The number of anilines is 1. The number of phenolic OH excluding ortho intramolecular Hbond substituents is 1. The number of H-pyrrole nitrogens is 1. The van der Waals surface area contributed by atoms with E-state index in [1.54, 1.807) is 12.3 Å². The molecule has 2 heterocycles. The maximum absolute atomic E-state index is 10.5. The molecule has 1 aromatic carbocycles. The predicted molar refractivity (Wildman–Crippen MR) is 107 cm³/mol. The minimum Gasteiger partial charge on any atom is -0.507 e. The Balaban J connectivity index is 1.35. The van der Waals surface area contributed by atoms with Crippen molar-refractivity contribution in [3.63, 3.8) is 0 Å². The van der Waals surface area contributed by atoms with Gasteiger partial charge < -0.3 is 10.0 Å². The fraction of sp³-hybridized carbons (Fsp3) is 0.429. The molecule has 28 heavy (non-hydrogen) atoms. The van der Waals surface area contributed by atoms with Gasteiger partial charge in [-0.05, 0) is 55.4 Å². The molecule has 0 aliphatic heterocycles. The lowest BCUT2D eigenvalue weighted by Crippen LogP contribution is -2.37. The number of rotatable bonds is 4. The van der Waals surface area contributed by atoms with Crippen LogP contribution in [0.2, 0.25) is 0 Å². The lowest BCUT2D eigenvalue weighted by atomic mass is 9.85. The topological polar surface area (TPSA) is 90.8 Å². The number of phenols is 1. The first-order valence-corrected chi connectivity index (χ1v) is 9.93. The number of aromatic amines is 1. The smallest absolute Gasteiger partial charge is 0.151 e. The molecule has 2 saturated carbocycles. The zero-order valence-corrected chi connectivity index (χ0v) is 15.9. The van der Waals surface area contributed by atoms with Gasteiger partial charge in [0.05, 0.1) is 11.9 Å². The standard InChI is InChI=1S/C21H24N6O/c1-27(16-9-13-2-3-14(8-13)10-16)21-7-6-18(23-25-21)17-5-4-15(11-20(17)28)19-12-22-26-24-19/h4-7,11-14,16,28H,2-3,8-10H2,1H3,(H,22,24,26)/t13-,14+,16?. The summed E-state index contributed by atoms with van der Waals surface area (Å²) in [5.74, 6) is 2.82. The first-order valence-electron chi connectivity index (χ1n) is 9.93. The van der Waals surface area contributed by atoms with Gasteiger partial charge in [0, 0.05) is 24.2 Å². The number of hydrogen-bond donors (Lipinski definition) is 2. The van der Waals surface area contributed by atoms with Crippen molar-refractivity contribution in [1.82, 2.24) is 25.6 Å². The highest BCUT2D eigenvalue weighted by Crippen LogP contribution is 2.43. The van der Waals surface area contributed by atoms with Gasteiger partial charge in [-0.2, -0.15) is 15.4 Å². The zero-order valence-electron chi connectivity index (χ0n) is 15.9. The SMILES string of the molecule is CN(c1ccc(-c2ccc(-c3cn[nH]n3)cc2O)nn1)C1C[C@H]2CC[C@@H](C1)C2. The van der Waals surface area contributed by atoms with Gasteiger partial charge in [-0.1, -0.05) is 18.9 Å². The van der Waals surface area contributed by atoms with Crippen LogP contribution in [0.3, 0.4) is 0 Å².